The molecule has 3 saturated carbocycles. The van der Waals surface area contributed by atoms with Gasteiger partial charge in [-0.15, -0.1) is 0 Å². The van der Waals surface area contributed by atoms with E-state index in [1.54, 1.807) is 0 Å². The summed E-state index contributed by atoms with van der Waals surface area (Å²) in [6, 6.07) is 0. The molecular weight excluding hydrogens is 352 g/mol. The summed E-state index contributed by atoms with van der Waals surface area (Å²) in [7, 11) is 0. The first-order valence-electron chi connectivity index (χ1n) is 11.0. The van der Waals surface area contributed by atoms with Crippen molar-refractivity contribution in [2.24, 2.45) is 51.8 Å². The van der Waals surface area contributed by atoms with E-state index < -0.39 is 5.41 Å². The van der Waals surface area contributed by atoms with Crippen LogP contribution in [-0.4, -0.2) is 23.6 Å². The second-order valence-corrected chi connectivity index (χ2v) is 12.7. The van der Waals surface area contributed by atoms with Crippen molar-refractivity contribution in [3.8, 4) is 0 Å². The number of hydrogen-bond acceptors (Lipinski definition) is 4. The molecule has 4 nitrogen and oxygen atoms in total. The third-order valence-corrected chi connectivity index (χ3v) is 9.39. The van der Waals surface area contributed by atoms with E-state index in [9.17, 15) is 9.59 Å². The third kappa shape index (κ3) is 2.35. The highest BCUT2D eigenvalue weighted by Crippen LogP contribution is 2.71. The van der Waals surface area contributed by atoms with Crippen LogP contribution in [0.25, 0.3) is 0 Å². The molecular formula is C24H38O4. The summed E-state index contributed by atoms with van der Waals surface area (Å²) in [5, 5.41) is 0. The summed E-state index contributed by atoms with van der Waals surface area (Å²) in [4.78, 5) is 25.9. The molecule has 4 heteroatoms. The van der Waals surface area contributed by atoms with Gasteiger partial charge in [0.25, 0.3) is 0 Å². The Bertz CT molecular complexity index is 693. The Labute approximate surface area is 170 Å². The maximum atomic E-state index is 13.5. The topological polar surface area (TPSA) is 52.6 Å². The average Bonchev–Trinajstić information content (AvgIpc) is 3.01. The molecule has 0 aromatic rings. The van der Waals surface area contributed by atoms with Crippen LogP contribution in [0.3, 0.4) is 0 Å². The van der Waals surface area contributed by atoms with Crippen molar-refractivity contribution in [1.82, 2.24) is 0 Å². The standard InChI is InChI=1S/C24H38O4/c1-21(2,3)24(9,22(4,5)6)20(26)27-14-11-12-10-13(14)16-15(12)17-18(16)23(7,8)28-19(17)25/h12-18H,10-11H2,1-9H3. The third-order valence-electron chi connectivity index (χ3n) is 9.39. The van der Waals surface area contributed by atoms with Crippen molar-refractivity contribution in [2.45, 2.75) is 86.9 Å². The minimum Gasteiger partial charge on any atom is -0.462 e. The molecule has 0 radical (unpaired) electrons. The van der Waals surface area contributed by atoms with Crippen molar-refractivity contribution in [2.75, 3.05) is 0 Å². The van der Waals surface area contributed by atoms with Gasteiger partial charge in [0.2, 0.25) is 0 Å². The van der Waals surface area contributed by atoms with E-state index in [1.807, 2.05) is 0 Å². The van der Waals surface area contributed by atoms with Gasteiger partial charge in [-0.25, -0.2) is 0 Å². The number of rotatable bonds is 2. The van der Waals surface area contributed by atoms with Crippen molar-refractivity contribution < 1.29 is 19.1 Å². The molecule has 0 aromatic heterocycles. The zero-order valence-corrected chi connectivity index (χ0v) is 19.1. The van der Waals surface area contributed by atoms with Crippen LogP contribution in [0.1, 0.15) is 75.2 Å². The Morgan fingerprint density at radius 3 is 2.11 bits per heavy atom. The largest absolute Gasteiger partial charge is 0.462 e. The van der Waals surface area contributed by atoms with E-state index in [2.05, 4.69) is 62.3 Å². The Hall–Kier alpha value is -1.06. The molecule has 4 aliphatic rings. The number of ether oxygens (including phenoxy) is 2. The van der Waals surface area contributed by atoms with E-state index in [1.165, 1.54) is 0 Å². The van der Waals surface area contributed by atoms with Crippen LogP contribution < -0.4 is 0 Å². The summed E-state index contributed by atoms with van der Waals surface area (Å²) in [6.45, 7) is 19.0. The van der Waals surface area contributed by atoms with Gasteiger partial charge in [-0.05, 0) is 68.1 Å². The molecule has 3 aliphatic carbocycles. The van der Waals surface area contributed by atoms with Gasteiger partial charge >= 0.3 is 11.9 Å². The predicted molar refractivity (Wildman–Crippen MR) is 107 cm³/mol. The van der Waals surface area contributed by atoms with Gasteiger partial charge in [-0.3, -0.25) is 9.59 Å². The average molecular weight is 391 g/mol. The molecule has 0 N–H and O–H groups in total. The van der Waals surface area contributed by atoms with Crippen LogP contribution >= 0.6 is 0 Å². The molecule has 1 aliphatic heterocycles. The second-order valence-electron chi connectivity index (χ2n) is 12.7. The van der Waals surface area contributed by atoms with Gasteiger partial charge < -0.3 is 9.47 Å². The van der Waals surface area contributed by atoms with Gasteiger partial charge in [0, 0.05) is 5.92 Å². The maximum absolute atomic E-state index is 13.5. The lowest BCUT2D eigenvalue weighted by Crippen LogP contribution is -2.58. The molecule has 28 heavy (non-hydrogen) atoms. The number of fused-ring (bicyclic) bond motifs is 8. The van der Waals surface area contributed by atoms with Crippen LogP contribution in [0.15, 0.2) is 0 Å². The summed E-state index contributed by atoms with van der Waals surface area (Å²) in [5.41, 5.74) is -1.35. The lowest BCUT2D eigenvalue weighted by atomic mass is 9.49. The number of carbonyl (C=O) groups excluding carboxylic acids is 2. The molecule has 0 spiro atoms. The predicted octanol–water partition coefficient (Wildman–Crippen LogP) is 4.85. The van der Waals surface area contributed by atoms with E-state index in [4.69, 9.17) is 9.47 Å². The summed E-state index contributed by atoms with van der Waals surface area (Å²) in [6.07, 6.45) is 2.01. The zero-order valence-electron chi connectivity index (χ0n) is 19.1. The quantitative estimate of drug-likeness (QED) is 0.633. The van der Waals surface area contributed by atoms with Gasteiger partial charge in [-0.2, -0.15) is 0 Å². The fourth-order valence-corrected chi connectivity index (χ4v) is 7.48. The molecule has 158 valence electrons. The van der Waals surface area contributed by atoms with Crippen LogP contribution in [0.4, 0.5) is 0 Å². The molecule has 2 bridgehead atoms. The first-order chi connectivity index (χ1) is 12.6. The second kappa shape index (κ2) is 5.55. The van der Waals surface area contributed by atoms with E-state index in [0.29, 0.717) is 23.7 Å². The van der Waals surface area contributed by atoms with Gasteiger partial charge in [0.1, 0.15) is 11.7 Å². The van der Waals surface area contributed by atoms with Crippen molar-refractivity contribution in [1.29, 1.82) is 0 Å². The maximum Gasteiger partial charge on any atom is 0.313 e. The molecule has 4 rings (SSSR count). The number of carbonyl (C=O) groups is 2. The fraction of sp³-hybridized carbons (Fsp3) is 0.917. The summed E-state index contributed by atoms with van der Waals surface area (Å²) in [5.74, 6) is 2.14. The van der Waals surface area contributed by atoms with E-state index in [0.717, 1.165) is 12.8 Å². The van der Waals surface area contributed by atoms with E-state index in [-0.39, 0.29) is 46.3 Å². The molecule has 7 unspecified atom stereocenters. The fourth-order valence-electron chi connectivity index (χ4n) is 7.48. The molecule has 1 saturated heterocycles. The highest BCUT2D eigenvalue weighted by molar-refractivity contribution is 5.79. The Morgan fingerprint density at radius 1 is 1.00 bits per heavy atom. The van der Waals surface area contributed by atoms with Crippen molar-refractivity contribution in [3.63, 3.8) is 0 Å². The first kappa shape index (κ1) is 20.2. The van der Waals surface area contributed by atoms with Crippen LogP contribution in [-0.2, 0) is 19.1 Å². The zero-order chi connectivity index (χ0) is 21.0. The molecule has 4 fully saturated rings. The molecule has 0 amide bonds. The van der Waals surface area contributed by atoms with Crippen LogP contribution in [0, 0.1) is 51.8 Å². The van der Waals surface area contributed by atoms with Gasteiger partial charge in [-0.1, -0.05) is 41.5 Å². The highest BCUT2D eigenvalue weighted by atomic mass is 16.6. The van der Waals surface area contributed by atoms with E-state index >= 15 is 0 Å². The van der Waals surface area contributed by atoms with Crippen molar-refractivity contribution >= 4 is 11.9 Å². The Kier molecular flexibility index (Phi) is 4.01. The molecule has 1 heterocycles. The minimum absolute atomic E-state index is 0.00442. The lowest BCUT2D eigenvalue weighted by molar-refractivity contribution is -0.189. The Morgan fingerprint density at radius 2 is 1.57 bits per heavy atom. The number of esters is 2. The smallest absolute Gasteiger partial charge is 0.313 e. The van der Waals surface area contributed by atoms with Crippen molar-refractivity contribution in [3.05, 3.63) is 0 Å². The minimum atomic E-state index is -0.574. The van der Waals surface area contributed by atoms with Crippen LogP contribution in [0.5, 0.6) is 0 Å². The lowest BCUT2D eigenvalue weighted by Gasteiger charge is -2.54. The van der Waals surface area contributed by atoms with Gasteiger partial charge in [0.15, 0.2) is 0 Å². The number of cyclic esters (lactones) is 1. The molecule has 7 atom stereocenters. The Balaban J connectivity index is 1.54. The summed E-state index contributed by atoms with van der Waals surface area (Å²) >= 11 is 0. The first-order valence-corrected chi connectivity index (χ1v) is 11.0. The van der Waals surface area contributed by atoms with Gasteiger partial charge in [0.05, 0.1) is 11.3 Å². The molecule has 0 aromatic carbocycles. The monoisotopic (exact) mass is 390 g/mol. The highest BCUT2D eigenvalue weighted by Gasteiger charge is 2.74. The van der Waals surface area contributed by atoms with Crippen LogP contribution in [0.2, 0.25) is 0 Å². The normalized spacial score (nSPS) is 41.2. The summed E-state index contributed by atoms with van der Waals surface area (Å²) < 4.78 is 12.0. The SMILES string of the molecule is CC1(C)OC(=O)C2C3C4CC(OC(=O)C(C)(C(C)(C)C)C(C)(C)C)C(C4)C3C21. The number of hydrogen-bond donors (Lipinski definition) is 0.